The van der Waals surface area contributed by atoms with Crippen LogP contribution < -0.4 is 20.3 Å². The number of carbonyl (C=O) groups is 2. The highest BCUT2D eigenvalue weighted by Crippen LogP contribution is 2.36. The maximum atomic E-state index is 13.2. The van der Waals surface area contributed by atoms with Gasteiger partial charge in [0.25, 0.3) is 0 Å². The highest BCUT2D eigenvalue weighted by atomic mass is 16.6. The number of carbonyl (C=O) groups excluding carboxylic acids is 2. The minimum absolute atomic E-state index is 0.00804. The monoisotopic (exact) mass is 635 g/mol. The number of piperazine rings is 1. The molecule has 0 radical (unpaired) electrons. The SMILES string of the molecule is CN1CC(CN)Oc2nc3c(c(n2)N2CCN(C(=O)OCc4ccccc4)CC2CCC1=O)CCN(c1cccc2ccccc12)C3. The lowest BCUT2D eigenvalue weighted by molar-refractivity contribution is -0.131. The Kier molecular flexibility index (Phi) is 8.80. The van der Waals surface area contributed by atoms with Crippen LogP contribution in [0.2, 0.25) is 0 Å². The summed E-state index contributed by atoms with van der Waals surface area (Å²) in [6, 6.07) is 24.6. The second-order valence-electron chi connectivity index (χ2n) is 12.5. The molecule has 3 aliphatic rings. The highest BCUT2D eigenvalue weighted by molar-refractivity contribution is 5.94. The van der Waals surface area contributed by atoms with E-state index in [0.29, 0.717) is 45.6 Å². The van der Waals surface area contributed by atoms with Crippen LogP contribution in [0.5, 0.6) is 6.01 Å². The Hall–Kier alpha value is -4.90. The Morgan fingerprint density at radius 1 is 0.957 bits per heavy atom. The van der Waals surface area contributed by atoms with E-state index < -0.39 is 6.10 Å². The first kappa shape index (κ1) is 30.7. The van der Waals surface area contributed by atoms with Gasteiger partial charge in [0.05, 0.1) is 18.8 Å². The molecule has 4 heterocycles. The van der Waals surface area contributed by atoms with E-state index >= 15 is 0 Å². The Bertz CT molecular complexity index is 1750. The molecule has 11 heteroatoms. The molecule has 1 fully saturated rings. The zero-order chi connectivity index (χ0) is 32.3. The molecule has 2 amide bonds. The molecule has 4 aromatic rings. The van der Waals surface area contributed by atoms with Gasteiger partial charge in [0, 0.05) is 68.9 Å². The van der Waals surface area contributed by atoms with Gasteiger partial charge in [-0.3, -0.25) is 4.79 Å². The third-order valence-corrected chi connectivity index (χ3v) is 9.48. The number of ether oxygens (including phenoxy) is 2. The molecule has 1 saturated heterocycles. The molecule has 3 aliphatic heterocycles. The van der Waals surface area contributed by atoms with Gasteiger partial charge in [-0.1, -0.05) is 66.7 Å². The quantitative estimate of drug-likeness (QED) is 0.356. The topological polar surface area (TPSA) is 117 Å². The Balaban J connectivity index is 1.20. The summed E-state index contributed by atoms with van der Waals surface area (Å²) in [5, 5.41) is 2.41. The average Bonchev–Trinajstić information content (AvgIpc) is 3.11. The van der Waals surface area contributed by atoms with Crippen molar-refractivity contribution in [3.8, 4) is 6.01 Å². The molecule has 2 unspecified atom stereocenters. The lowest BCUT2D eigenvalue weighted by Crippen LogP contribution is -2.56. The first-order chi connectivity index (χ1) is 23.0. The molecule has 2 atom stereocenters. The third kappa shape index (κ3) is 6.53. The predicted molar refractivity (Wildman–Crippen MR) is 180 cm³/mol. The summed E-state index contributed by atoms with van der Waals surface area (Å²) < 4.78 is 12.0. The van der Waals surface area contributed by atoms with Crippen LogP contribution in [-0.4, -0.2) is 90.2 Å². The van der Waals surface area contributed by atoms with Gasteiger partial charge in [-0.25, -0.2) is 4.79 Å². The number of anilines is 2. The smallest absolute Gasteiger partial charge is 0.410 e. The van der Waals surface area contributed by atoms with Crippen LogP contribution >= 0.6 is 0 Å². The van der Waals surface area contributed by atoms with Gasteiger partial charge >= 0.3 is 12.1 Å². The zero-order valence-electron chi connectivity index (χ0n) is 26.8. The highest BCUT2D eigenvalue weighted by Gasteiger charge is 2.36. The second-order valence-corrected chi connectivity index (χ2v) is 12.5. The van der Waals surface area contributed by atoms with Crippen molar-refractivity contribution in [3.63, 3.8) is 0 Å². The van der Waals surface area contributed by atoms with E-state index in [1.54, 1.807) is 16.8 Å². The third-order valence-electron chi connectivity index (χ3n) is 9.48. The van der Waals surface area contributed by atoms with Crippen LogP contribution in [0.4, 0.5) is 16.3 Å². The minimum Gasteiger partial charge on any atom is -0.457 e. The van der Waals surface area contributed by atoms with E-state index in [4.69, 9.17) is 25.2 Å². The maximum absolute atomic E-state index is 13.2. The van der Waals surface area contributed by atoms with E-state index in [9.17, 15) is 9.59 Å². The molecule has 47 heavy (non-hydrogen) atoms. The van der Waals surface area contributed by atoms with Gasteiger partial charge in [0.1, 0.15) is 18.5 Å². The number of amides is 2. The number of nitrogens with two attached hydrogens (primary N) is 1. The molecule has 11 nitrogen and oxygen atoms in total. The first-order valence-electron chi connectivity index (χ1n) is 16.4. The van der Waals surface area contributed by atoms with E-state index in [-0.39, 0.29) is 37.2 Å². The second kappa shape index (κ2) is 13.4. The molecular weight excluding hydrogens is 594 g/mol. The number of aromatic nitrogens is 2. The van der Waals surface area contributed by atoms with Crippen molar-refractivity contribution in [2.24, 2.45) is 5.73 Å². The number of benzene rings is 3. The summed E-state index contributed by atoms with van der Waals surface area (Å²) >= 11 is 0. The van der Waals surface area contributed by atoms with Crippen LogP contribution in [0.1, 0.15) is 29.7 Å². The maximum Gasteiger partial charge on any atom is 0.410 e. The lowest BCUT2D eigenvalue weighted by atomic mass is 9.99. The number of likely N-dealkylation sites (N-methyl/N-ethyl adjacent to an activating group) is 1. The molecule has 2 bridgehead atoms. The lowest BCUT2D eigenvalue weighted by Gasteiger charge is -2.43. The number of fused-ring (bicyclic) bond motifs is 7. The van der Waals surface area contributed by atoms with Gasteiger partial charge in [-0.2, -0.15) is 9.97 Å². The Morgan fingerprint density at radius 2 is 1.77 bits per heavy atom. The Labute approximate surface area is 274 Å². The molecule has 3 aromatic carbocycles. The predicted octanol–water partition coefficient (Wildman–Crippen LogP) is 3.98. The fourth-order valence-corrected chi connectivity index (χ4v) is 6.92. The van der Waals surface area contributed by atoms with Crippen LogP contribution in [-0.2, 0) is 29.1 Å². The number of hydrogen-bond donors (Lipinski definition) is 1. The largest absolute Gasteiger partial charge is 0.457 e. The van der Waals surface area contributed by atoms with Crippen molar-refractivity contribution < 1.29 is 19.1 Å². The van der Waals surface area contributed by atoms with Crippen molar-refractivity contribution >= 4 is 34.3 Å². The summed E-state index contributed by atoms with van der Waals surface area (Å²) in [7, 11) is 1.77. The van der Waals surface area contributed by atoms with Gasteiger partial charge in [-0.15, -0.1) is 0 Å². The van der Waals surface area contributed by atoms with Crippen molar-refractivity contribution in [2.45, 2.75) is 44.6 Å². The zero-order valence-corrected chi connectivity index (χ0v) is 26.8. The van der Waals surface area contributed by atoms with Gasteiger partial charge in [0.2, 0.25) is 5.91 Å². The molecule has 244 valence electrons. The molecule has 0 saturated carbocycles. The number of nitrogens with zero attached hydrogens (tertiary/aromatic N) is 6. The van der Waals surface area contributed by atoms with Gasteiger partial charge < -0.3 is 34.8 Å². The summed E-state index contributed by atoms with van der Waals surface area (Å²) in [5.74, 6) is 0.829. The summed E-state index contributed by atoms with van der Waals surface area (Å²) in [6.07, 6.45) is 0.849. The average molecular weight is 636 g/mol. The van der Waals surface area contributed by atoms with Crippen LogP contribution in [0, 0.1) is 0 Å². The van der Waals surface area contributed by atoms with E-state index in [2.05, 4.69) is 52.3 Å². The van der Waals surface area contributed by atoms with Crippen LogP contribution in [0.25, 0.3) is 10.8 Å². The molecule has 0 spiro atoms. The van der Waals surface area contributed by atoms with Crippen molar-refractivity contribution in [2.75, 3.05) is 56.1 Å². The van der Waals surface area contributed by atoms with E-state index in [1.165, 1.54) is 16.5 Å². The Morgan fingerprint density at radius 3 is 2.62 bits per heavy atom. The van der Waals surface area contributed by atoms with Crippen LogP contribution in [0.15, 0.2) is 72.8 Å². The van der Waals surface area contributed by atoms with Crippen molar-refractivity contribution in [1.82, 2.24) is 19.8 Å². The number of hydrogen-bond acceptors (Lipinski definition) is 9. The van der Waals surface area contributed by atoms with E-state index in [0.717, 1.165) is 35.6 Å². The summed E-state index contributed by atoms with van der Waals surface area (Å²) in [4.78, 5) is 44.5. The van der Waals surface area contributed by atoms with Gasteiger partial charge in [-0.05, 0) is 29.9 Å². The molecule has 0 aliphatic carbocycles. The normalized spacial score (nSPS) is 20.1. The fraction of sp³-hybridized carbons (Fsp3) is 0.389. The fourth-order valence-electron chi connectivity index (χ4n) is 6.92. The molecule has 2 N–H and O–H groups in total. The minimum atomic E-state index is -0.445. The van der Waals surface area contributed by atoms with Gasteiger partial charge in [0.15, 0.2) is 0 Å². The standard InChI is InChI=1S/C36H41N7O4/c1-40-22-28(20-37)47-35-38-31-23-41(32-13-7-11-26-10-5-6-12-29(26)32)17-16-30(31)34(39-35)43-19-18-42(21-27(43)14-15-33(40)44)36(45)46-24-25-8-3-2-4-9-25/h2-13,27-28H,14-24,37H2,1H3. The molecular formula is C36H41N7O4. The number of rotatable bonds is 4. The first-order valence-corrected chi connectivity index (χ1v) is 16.4. The van der Waals surface area contributed by atoms with Crippen molar-refractivity contribution in [3.05, 3.63) is 89.6 Å². The van der Waals surface area contributed by atoms with E-state index in [1.807, 2.05) is 30.3 Å². The molecule has 1 aromatic heterocycles. The van der Waals surface area contributed by atoms with Crippen LogP contribution in [0.3, 0.4) is 0 Å². The summed E-state index contributed by atoms with van der Waals surface area (Å²) in [5.41, 5.74) is 10.2. The summed E-state index contributed by atoms with van der Waals surface area (Å²) in [6.45, 7) is 3.63. The molecule has 7 rings (SSSR count). The van der Waals surface area contributed by atoms with Crippen molar-refractivity contribution in [1.29, 1.82) is 0 Å².